The highest BCUT2D eigenvalue weighted by Crippen LogP contribution is 2.26. The number of nitrogens with one attached hydrogen (secondary N) is 2. The van der Waals surface area contributed by atoms with Gasteiger partial charge in [-0.25, -0.2) is 0 Å². The Kier molecular flexibility index (Phi) is 10.2. The third-order valence-corrected chi connectivity index (χ3v) is 6.23. The van der Waals surface area contributed by atoms with Gasteiger partial charge in [0.15, 0.2) is 5.96 Å². The predicted octanol–water partition coefficient (Wildman–Crippen LogP) is 2.12. The maximum Gasteiger partial charge on any atom is 0.191 e. The zero-order valence-corrected chi connectivity index (χ0v) is 18.4. The van der Waals surface area contributed by atoms with Crippen molar-refractivity contribution >= 4 is 17.3 Å². The van der Waals surface area contributed by atoms with Crippen LogP contribution >= 0.6 is 11.3 Å². The monoisotopic (exact) mass is 424 g/mol. The third kappa shape index (κ3) is 7.86. The number of hydrogen-bond acceptors (Lipinski definition) is 6. The Morgan fingerprint density at radius 3 is 2.93 bits per heavy atom. The molecule has 164 valence electrons. The number of aliphatic imine (C=N–C) groups is 1. The lowest BCUT2D eigenvalue weighted by Gasteiger charge is -2.33. The van der Waals surface area contributed by atoms with Crippen molar-refractivity contribution in [3.63, 3.8) is 0 Å². The van der Waals surface area contributed by atoms with Gasteiger partial charge in [-0.2, -0.15) is 0 Å². The summed E-state index contributed by atoms with van der Waals surface area (Å²) in [6, 6.07) is 4.65. The Morgan fingerprint density at radius 2 is 2.21 bits per heavy atom. The van der Waals surface area contributed by atoms with Crippen LogP contribution in [-0.2, 0) is 14.2 Å². The molecule has 8 heteroatoms. The molecule has 0 amide bonds. The van der Waals surface area contributed by atoms with E-state index in [9.17, 15) is 0 Å². The van der Waals surface area contributed by atoms with Crippen LogP contribution in [0.15, 0.2) is 22.5 Å². The molecule has 2 aliphatic heterocycles. The van der Waals surface area contributed by atoms with Crippen molar-refractivity contribution in [2.75, 3.05) is 72.4 Å². The predicted molar refractivity (Wildman–Crippen MR) is 118 cm³/mol. The van der Waals surface area contributed by atoms with Gasteiger partial charge in [0.05, 0.1) is 39.0 Å². The van der Waals surface area contributed by atoms with E-state index in [4.69, 9.17) is 19.2 Å². The summed E-state index contributed by atoms with van der Waals surface area (Å²) in [4.78, 5) is 8.75. The maximum atomic E-state index is 5.79. The largest absolute Gasteiger partial charge is 0.381 e. The SMILES string of the molecule is CCNC(=NCC(c1cccs1)N1CCOCC1)NCCCOCC1CCOC1. The molecule has 1 aromatic rings. The summed E-state index contributed by atoms with van der Waals surface area (Å²) >= 11 is 1.81. The molecule has 1 aromatic heterocycles. The summed E-state index contributed by atoms with van der Waals surface area (Å²) in [5.41, 5.74) is 0. The van der Waals surface area contributed by atoms with Crippen LogP contribution in [0.3, 0.4) is 0 Å². The van der Waals surface area contributed by atoms with Crippen molar-refractivity contribution in [1.29, 1.82) is 0 Å². The van der Waals surface area contributed by atoms with E-state index in [1.54, 1.807) is 0 Å². The highest BCUT2D eigenvalue weighted by molar-refractivity contribution is 7.10. The first-order valence-electron chi connectivity index (χ1n) is 10.9. The van der Waals surface area contributed by atoms with Crippen molar-refractivity contribution in [2.24, 2.45) is 10.9 Å². The number of hydrogen-bond donors (Lipinski definition) is 2. The fourth-order valence-corrected chi connectivity index (χ4v) is 4.47. The Labute approximate surface area is 178 Å². The second-order valence-corrected chi connectivity index (χ2v) is 8.46. The molecule has 0 saturated carbocycles. The first kappa shape index (κ1) is 22.5. The van der Waals surface area contributed by atoms with Crippen LogP contribution in [0.25, 0.3) is 0 Å². The van der Waals surface area contributed by atoms with Gasteiger partial charge in [-0.15, -0.1) is 11.3 Å². The maximum absolute atomic E-state index is 5.79. The van der Waals surface area contributed by atoms with Crippen LogP contribution in [0.5, 0.6) is 0 Å². The van der Waals surface area contributed by atoms with Crippen LogP contribution in [0.4, 0.5) is 0 Å². The molecule has 2 N–H and O–H groups in total. The molecule has 2 aliphatic rings. The molecule has 3 rings (SSSR count). The number of rotatable bonds is 11. The van der Waals surface area contributed by atoms with Crippen molar-refractivity contribution in [3.8, 4) is 0 Å². The lowest BCUT2D eigenvalue weighted by atomic mass is 10.1. The summed E-state index contributed by atoms with van der Waals surface area (Å²) in [7, 11) is 0. The lowest BCUT2D eigenvalue weighted by Crippen LogP contribution is -2.41. The second-order valence-electron chi connectivity index (χ2n) is 7.48. The number of guanidine groups is 1. The molecule has 0 aliphatic carbocycles. The van der Waals surface area contributed by atoms with Gasteiger partial charge in [0.2, 0.25) is 0 Å². The Hall–Kier alpha value is -1.19. The molecule has 0 spiro atoms. The first-order chi connectivity index (χ1) is 14.4. The molecule has 2 atom stereocenters. The standard InChI is InChI=1S/C21H36N4O3S/c1-2-22-21(23-7-4-10-27-16-18-6-11-28-17-18)24-15-19(20-5-3-14-29-20)25-8-12-26-13-9-25/h3,5,14,18-19H,2,4,6-13,15-17H2,1H3,(H2,22,23,24). The first-order valence-corrected chi connectivity index (χ1v) is 11.8. The van der Waals surface area contributed by atoms with Crippen LogP contribution in [-0.4, -0.2) is 83.2 Å². The van der Waals surface area contributed by atoms with Crippen molar-refractivity contribution < 1.29 is 14.2 Å². The highest BCUT2D eigenvalue weighted by atomic mass is 32.1. The quantitative estimate of drug-likeness (QED) is 0.322. The van der Waals surface area contributed by atoms with Gasteiger partial charge in [-0.05, 0) is 31.2 Å². The third-order valence-electron chi connectivity index (χ3n) is 5.26. The summed E-state index contributed by atoms with van der Waals surface area (Å²) in [5, 5.41) is 8.96. The van der Waals surface area contributed by atoms with E-state index in [-0.39, 0.29) is 0 Å². The Bertz CT molecular complexity index is 572. The molecular weight excluding hydrogens is 388 g/mol. The number of nitrogens with zero attached hydrogens (tertiary/aromatic N) is 2. The van der Waals surface area contributed by atoms with E-state index in [2.05, 4.69) is 40.0 Å². The van der Waals surface area contributed by atoms with Gasteiger partial charge in [0.25, 0.3) is 0 Å². The average Bonchev–Trinajstić information content (AvgIpc) is 3.46. The molecule has 0 radical (unpaired) electrons. The molecule has 0 bridgehead atoms. The Balaban J connectivity index is 1.43. The fourth-order valence-electron chi connectivity index (χ4n) is 3.62. The molecule has 2 unspecified atom stereocenters. The minimum Gasteiger partial charge on any atom is -0.381 e. The minimum atomic E-state index is 0.311. The minimum absolute atomic E-state index is 0.311. The van der Waals surface area contributed by atoms with Gasteiger partial charge in [0, 0.05) is 50.2 Å². The van der Waals surface area contributed by atoms with Gasteiger partial charge >= 0.3 is 0 Å². The normalized spacial score (nSPS) is 22.0. The Morgan fingerprint density at radius 1 is 1.31 bits per heavy atom. The average molecular weight is 425 g/mol. The topological polar surface area (TPSA) is 67.4 Å². The highest BCUT2D eigenvalue weighted by Gasteiger charge is 2.23. The van der Waals surface area contributed by atoms with E-state index in [1.807, 2.05) is 11.3 Å². The van der Waals surface area contributed by atoms with Gasteiger partial charge in [-0.3, -0.25) is 9.89 Å². The van der Waals surface area contributed by atoms with E-state index in [1.165, 1.54) is 4.88 Å². The van der Waals surface area contributed by atoms with E-state index in [0.29, 0.717) is 12.0 Å². The smallest absolute Gasteiger partial charge is 0.191 e. The van der Waals surface area contributed by atoms with Gasteiger partial charge < -0.3 is 24.8 Å². The number of morpholine rings is 1. The van der Waals surface area contributed by atoms with E-state index >= 15 is 0 Å². The molecule has 0 aromatic carbocycles. The van der Waals surface area contributed by atoms with Crippen LogP contribution in [0, 0.1) is 5.92 Å². The van der Waals surface area contributed by atoms with Crippen molar-refractivity contribution in [3.05, 3.63) is 22.4 Å². The zero-order valence-electron chi connectivity index (χ0n) is 17.6. The molecule has 2 saturated heterocycles. The molecular formula is C21H36N4O3S. The van der Waals surface area contributed by atoms with Crippen LogP contribution in [0.2, 0.25) is 0 Å². The molecule has 7 nitrogen and oxygen atoms in total. The summed E-state index contributed by atoms with van der Waals surface area (Å²) in [6.07, 6.45) is 2.10. The van der Waals surface area contributed by atoms with Crippen molar-refractivity contribution in [2.45, 2.75) is 25.8 Å². The van der Waals surface area contributed by atoms with Crippen molar-refractivity contribution in [1.82, 2.24) is 15.5 Å². The number of ether oxygens (including phenoxy) is 3. The fraction of sp³-hybridized carbons (Fsp3) is 0.762. The van der Waals surface area contributed by atoms with E-state index < -0.39 is 0 Å². The lowest BCUT2D eigenvalue weighted by molar-refractivity contribution is 0.0186. The van der Waals surface area contributed by atoms with Crippen LogP contribution < -0.4 is 10.6 Å². The van der Waals surface area contributed by atoms with Gasteiger partial charge in [0.1, 0.15) is 0 Å². The zero-order chi connectivity index (χ0) is 20.2. The molecule has 3 heterocycles. The molecule has 2 fully saturated rings. The van der Waals surface area contributed by atoms with Crippen LogP contribution in [0.1, 0.15) is 30.7 Å². The second kappa shape index (κ2) is 13.2. The number of thiophene rings is 1. The summed E-state index contributed by atoms with van der Waals surface area (Å²) in [5.74, 6) is 1.46. The summed E-state index contributed by atoms with van der Waals surface area (Å²) in [6.45, 7) is 11.4. The van der Waals surface area contributed by atoms with Gasteiger partial charge in [-0.1, -0.05) is 6.07 Å². The molecule has 29 heavy (non-hydrogen) atoms. The summed E-state index contributed by atoms with van der Waals surface area (Å²) < 4.78 is 16.7. The van der Waals surface area contributed by atoms with E-state index in [0.717, 1.165) is 91.2 Å².